The van der Waals surface area contributed by atoms with Crippen molar-refractivity contribution in [1.82, 2.24) is 9.55 Å². The summed E-state index contributed by atoms with van der Waals surface area (Å²) in [5, 5.41) is 10.9. The molecule has 0 radical (unpaired) electrons. The standard InChI is InChI=1S/C25H30ClFN2O3/c1-16-21(26)29(14-17-2-3-17)22(28-16)25(32-15-18-4-5-18)12-10-24(11-13-25,23(30)31)19-6-8-20(27)9-7-19/h6-9,17-18H,2-5,10-15H2,1H3,(H,30,31)/t24-,25+. The van der Waals surface area contributed by atoms with Crippen molar-refractivity contribution in [1.29, 1.82) is 0 Å². The van der Waals surface area contributed by atoms with Crippen molar-refractivity contribution in [3.8, 4) is 0 Å². The molecule has 5 rings (SSSR count). The van der Waals surface area contributed by atoms with Crippen LogP contribution in [-0.4, -0.2) is 27.2 Å². The third kappa shape index (κ3) is 3.96. The third-order valence-electron chi connectivity index (χ3n) is 7.62. The number of aliphatic carboxylic acids is 1. The molecule has 3 fully saturated rings. The summed E-state index contributed by atoms with van der Waals surface area (Å²) in [6, 6.07) is 5.90. The molecule has 2 aromatic rings. The lowest BCUT2D eigenvalue weighted by Crippen LogP contribution is -2.47. The van der Waals surface area contributed by atoms with Crippen molar-refractivity contribution >= 4 is 17.6 Å². The summed E-state index contributed by atoms with van der Waals surface area (Å²) in [6.45, 7) is 3.43. The lowest BCUT2D eigenvalue weighted by atomic mass is 9.65. The molecular weight excluding hydrogens is 431 g/mol. The highest BCUT2D eigenvalue weighted by Gasteiger charge is 2.52. The van der Waals surface area contributed by atoms with Gasteiger partial charge in [0.05, 0.1) is 17.7 Å². The molecule has 0 saturated heterocycles. The van der Waals surface area contributed by atoms with Gasteiger partial charge in [-0.1, -0.05) is 23.7 Å². The monoisotopic (exact) mass is 460 g/mol. The molecule has 0 aliphatic heterocycles. The van der Waals surface area contributed by atoms with E-state index in [4.69, 9.17) is 21.3 Å². The minimum absolute atomic E-state index is 0.362. The number of rotatable bonds is 8. The van der Waals surface area contributed by atoms with Gasteiger partial charge in [0.15, 0.2) is 0 Å². The molecule has 1 N–H and O–H groups in total. The number of carboxylic acids is 1. The number of nitrogens with zero attached hydrogens (tertiary/aromatic N) is 2. The number of halogens is 2. The fourth-order valence-corrected chi connectivity index (χ4v) is 5.29. The number of aryl methyl sites for hydroxylation is 1. The molecule has 1 heterocycles. The number of hydrogen-bond acceptors (Lipinski definition) is 3. The van der Waals surface area contributed by atoms with Gasteiger partial charge >= 0.3 is 5.97 Å². The zero-order chi connectivity index (χ0) is 22.5. The summed E-state index contributed by atoms with van der Waals surface area (Å²) in [6.07, 6.45) is 6.67. The van der Waals surface area contributed by atoms with Gasteiger partial charge in [-0.3, -0.25) is 4.79 Å². The van der Waals surface area contributed by atoms with Crippen LogP contribution in [-0.2, 0) is 27.1 Å². The van der Waals surface area contributed by atoms with Crippen molar-refractivity contribution in [3.05, 3.63) is 52.3 Å². The maximum atomic E-state index is 13.5. The summed E-state index contributed by atoms with van der Waals surface area (Å²) < 4.78 is 22.3. The molecule has 0 amide bonds. The Kier molecular flexibility index (Phi) is 5.57. The van der Waals surface area contributed by atoms with Crippen molar-refractivity contribution in [3.63, 3.8) is 0 Å². The lowest BCUT2D eigenvalue weighted by molar-refractivity contribution is -0.151. The van der Waals surface area contributed by atoms with Gasteiger partial charge in [-0.2, -0.15) is 0 Å². The summed E-state index contributed by atoms with van der Waals surface area (Å²) in [5.74, 6) is 0.834. The van der Waals surface area contributed by atoms with Crippen LogP contribution in [0.5, 0.6) is 0 Å². The van der Waals surface area contributed by atoms with E-state index in [2.05, 4.69) is 4.57 Å². The fraction of sp³-hybridized carbons (Fsp3) is 0.600. The predicted molar refractivity (Wildman–Crippen MR) is 119 cm³/mol. The van der Waals surface area contributed by atoms with Gasteiger partial charge in [0.1, 0.15) is 22.4 Å². The van der Waals surface area contributed by atoms with Gasteiger partial charge in [0, 0.05) is 6.54 Å². The second-order valence-corrected chi connectivity index (χ2v) is 10.4. The Balaban J connectivity index is 1.49. The number of ether oxygens (including phenoxy) is 1. The average molecular weight is 461 g/mol. The van der Waals surface area contributed by atoms with Gasteiger partial charge in [-0.25, -0.2) is 9.37 Å². The molecule has 1 aromatic heterocycles. The van der Waals surface area contributed by atoms with E-state index >= 15 is 0 Å². The first-order valence-electron chi connectivity index (χ1n) is 11.7. The minimum Gasteiger partial charge on any atom is -0.481 e. The molecule has 0 spiro atoms. The Morgan fingerprint density at radius 1 is 1.16 bits per heavy atom. The molecule has 3 aliphatic carbocycles. The Morgan fingerprint density at radius 3 is 2.34 bits per heavy atom. The fourth-order valence-electron chi connectivity index (χ4n) is 5.10. The summed E-state index contributed by atoms with van der Waals surface area (Å²) >= 11 is 6.67. The van der Waals surface area contributed by atoms with Crippen LogP contribution in [0.4, 0.5) is 4.39 Å². The molecule has 0 atom stereocenters. The normalized spacial score (nSPS) is 28.1. The first kappa shape index (κ1) is 21.9. The van der Waals surface area contributed by atoms with Gasteiger partial charge in [0.2, 0.25) is 0 Å². The van der Waals surface area contributed by atoms with E-state index in [1.54, 1.807) is 12.1 Å². The van der Waals surface area contributed by atoms with Crippen LogP contribution >= 0.6 is 11.6 Å². The quantitative estimate of drug-likeness (QED) is 0.555. The SMILES string of the molecule is Cc1nc([C@]2(OCC3CC3)CC[C@](C(=O)O)(c3ccc(F)cc3)CC2)n(CC2CC2)c1Cl. The summed E-state index contributed by atoms with van der Waals surface area (Å²) in [4.78, 5) is 17.4. The Bertz CT molecular complexity index is 1000. The van der Waals surface area contributed by atoms with E-state index in [0.29, 0.717) is 54.8 Å². The first-order chi connectivity index (χ1) is 15.3. The zero-order valence-electron chi connectivity index (χ0n) is 18.4. The molecule has 0 unspecified atom stereocenters. The largest absolute Gasteiger partial charge is 0.481 e. The maximum absolute atomic E-state index is 13.5. The summed E-state index contributed by atoms with van der Waals surface area (Å²) in [7, 11) is 0. The highest BCUT2D eigenvalue weighted by Crippen LogP contribution is 2.51. The zero-order valence-corrected chi connectivity index (χ0v) is 19.2. The smallest absolute Gasteiger partial charge is 0.314 e. The van der Waals surface area contributed by atoms with E-state index < -0.39 is 17.0 Å². The Hall–Kier alpha value is -1.92. The number of imidazole rings is 1. The summed E-state index contributed by atoms with van der Waals surface area (Å²) in [5.41, 5.74) is -0.246. The molecule has 0 bridgehead atoms. The predicted octanol–water partition coefficient (Wildman–Crippen LogP) is 5.61. The van der Waals surface area contributed by atoms with E-state index in [0.717, 1.165) is 18.1 Å². The van der Waals surface area contributed by atoms with E-state index in [1.165, 1.54) is 37.8 Å². The first-order valence-corrected chi connectivity index (χ1v) is 12.1. The molecule has 3 aliphatic rings. The van der Waals surface area contributed by atoms with Crippen LogP contribution < -0.4 is 0 Å². The number of carbonyl (C=O) groups is 1. The number of carboxylic acid groups (broad SMARTS) is 1. The van der Waals surface area contributed by atoms with Crippen LogP contribution in [0.15, 0.2) is 24.3 Å². The molecule has 172 valence electrons. The number of hydrogen-bond donors (Lipinski definition) is 1. The van der Waals surface area contributed by atoms with Crippen LogP contribution in [0.3, 0.4) is 0 Å². The van der Waals surface area contributed by atoms with E-state index in [1.807, 2.05) is 6.92 Å². The van der Waals surface area contributed by atoms with Crippen molar-refractivity contribution in [2.75, 3.05) is 6.61 Å². The molecule has 3 saturated carbocycles. The van der Waals surface area contributed by atoms with Gasteiger partial charge in [0.25, 0.3) is 0 Å². The number of benzene rings is 1. The maximum Gasteiger partial charge on any atom is 0.314 e. The highest BCUT2D eigenvalue weighted by molar-refractivity contribution is 6.30. The van der Waals surface area contributed by atoms with Crippen molar-refractivity contribution in [2.24, 2.45) is 11.8 Å². The van der Waals surface area contributed by atoms with Crippen LogP contribution in [0.1, 0.15) is 68.4 Å². The molecule has 5 nitrogen and oxygen atoms in total. The lowest BCUT2D eigenvalue weighted by Gasteiger charge is -2.44. The highest BCUT2D eigenvalue weighted by atomic mass is 35.5. The molecule has 1 aromatic carbocycles. The van der Waals surface area contributed by atoms with E-state index in [-0.39, 0.29) is 5.82 Å². The molecule has 32 heavy (non-hydrogen) atoms. The van der Waals surface area contributed by atoms with Crippen LogP contribution in [0, 0.1) is 24.6 Å². The second-order valence-electron chi connectivity index (χ2n) is 10.0. The minimum atomic E-state index is -1.05. The van der Waals surface area contributed by atoms with Crippen molar-refractivity contribution in [2.45, 2.75) is 75.9 Å². The van der Waals surface area contributed by atoms with Crippen molar-refractivity contribution < 1.29 is 19.0 Å². The Labute approximate surface area is 192 Å². The molecular formula is C25H30ClFN2O3. The molecule has 7 heteroatoms. The van der Waals surface area contributed by atoms with Gasteiger partial charge in [-0.05, 0) is 87.8 Å². The van der Waals surface area contributed by atoms with Crippen LogP contribution in [0.2, 0.25) is 5.15 Å². The average Bonchev–Trinajstić information content (AvgIpc) is 3.70. The second kappa shape index (κ2) is 8.14. The third-order valence-corrected chi connectivity index (χ3v) is 8.10. The Morgan fingerprint density at radius 2 is 1.78 bits per heavy atom. The number of aromatic nitrogens is 2. The topological polar surface area (TPSA) is 64.3 Å². The van der Waals surface area contributed by atoms with Gasteiger partial charge in [-0.15, -0.1) is 0 Å². The van der Waals surface area contributed by atoms with E-state index in [9.17, 15) is 14.3 Å². The van der Waals surface area contributed by atoms with Crippen LogP contribution in [0.25, 0.3) is 0 Å². The van der Waals surface area contributed by atoms with Gasteiger partial charge < -0.3 is 14.4 Å².